The fraction of sp³-hybridized carbons (Fsp3) is 0.625. The summed E-state index contributed by atoms with van der Waals surface area (Å²) in [5.41, 5.74) is 1.34. The Morgan fingerprint density at radius 3 is 2.38 bits per heavy atom. The minimum atomic E-state index is -3.12. The summed E-state index contributed by atoms with van der Waals surface area (Å²) in [6.07, 6.45) is 2.13. The molecule has 118 valence electrons. The summed E-state index contributed by atoms with van der Waals surface area (Å²) < 4.78 is 26.3. The first kappa shape index (κ1) is 16.5. The van der Waals surface area contributed by atoms with Crippen molar-refractivity contribution in [3.63, 3.8) is 0 Å². The van der Waals surface area contributed by atoms with Gasteiger partial charge in [0.15, 0.2) is 0 Å². The predicted molar refractivity (Wildman–Crippen MR) is 86.5 cm³/mol. The Kier molecular flexibility index (Phi) is 5.79. The van der Waals surface area contributed by atoms with E-state index in [2.05, 4.69) is 33.9 Å². The summed E-state index contributed by atoms with van der Waals surface area (Å²) in [6.45, 7) is 7.09. The van der Waals surface area contributed by atoms with Crippen LogP contribution in [0, 0.1) is 5.92 Å². The van der Waals surface area contributed by atoms with Crippen molar-refractivity contribution in [3.05, 3.63) is 35.9 Å². The van der Waals surface area contributed by atoms with Gasteiger partial charge in [-0.2, -0.15) is 0 Å². The fourth-order valence-corrected chi connectivity index (χ4v) is 3.39. The number of nitrogens with one attached hydrogen (secondary N) is 1. The predicted octanol–water partition coefficient (Wildman–Crippen LogP) is 2.23. The molecule has 0 amide bonds. The van der Waals surface area contributed by atoms with Gasteiger partial charge < -0.3 is 0 Å². The second-order valence-corrected chi connectivity index (χ2v) is 8.47. The monoisotopic (exact) mass is 310 g/mol. The largest absolute Gasteiger partial charge is 0.299 e. The molecule has 1 heterocycles. The maximum Gasteiger partial charge on any atom is 0.213 e. The van der Waals surface area contributed by atoms with Crippen molar-refractivity contribution in [2.24, 2.45) is 5.92 Å². The van der Waals surface area contributed by atoms with Gasteiger partial charge in [0, 0.05) is 13.1 Å². The Bertz CT molecular complexity index is 520. The van der Waals surface area contributed by atoms with Gasteiger partial charge in [0.1, 0.15) is 0 Å². The van der Waals surface area contributed by atoms with Gasteiger partial charge >= 0.3 is 0 Å². The summed E-state index contributed by atoms with van der Waals surface area (Å²) in [6, 6.07) is 10.5. The molecule has 4 nitrogen and oxygen atoms in total. The van der Waals surface area contributed by atoms with Crippen LogP contribution in [0.3, 0.4) is 0 Å². The van der Waals surface area contributed by atoms with Crippen LogP contribution in [0.15, 0.2) is 30.3 Å². The molecular weight excluding hydrogens is 284 g/mol. The molecule has 0 saturated carbocycles. The van der Waals surface area contributed by atoms with Crippen molar-refractivity contribution in [1.29, 1.82) is 0 Å². The molecule has 0 bridgehead atoms. The number of nitrogens with zero attached hydrogens (tertiary/aromatic N) is 1. The van der Waals surface area contributed by atoms with Crippen LogP contribution >= 0.6 is 0 Å². The standard InChI is InChI=1S/C16H26N2O2S/c1-14(2)21(19,20)17-12-15-8-10-18(11-9-15)13-16-6-4-3-5-7-16/h3-7,14-15,17H,8-13H2,1-2H3. The van der Waals surface area contributed by atoms with Crippen LogP contribution in [0.4, 0.5) is 0 Å². The lowest BCUT2D eigenvalue weighted by molar-refractivity contribution is 0.178. The van der Waals surface area contributed by atoms with E-state index in [4.69, 9.17) is 0 Å². The van der Waals surface area contributed by atoms with Crippen molar-refractivity contribution in [3.8, 4) is 0 Å². The number of benzene rings is 1. The molecular formula is C16H26N2O2S. The highest BCUT2D eigenvalue weighted by Gasteiger charge is 2.22. The SMILES string of the molecule is CC(C)S(=O)(=O)NCC1CCN(Cc2ccccc2)CC1. The highest BCUT2D eigenvalue weighted by Crippen LogP contribution is 2.18. The third-order valence-electron chi connectivity index (χ3n) is 4.15. The first-order valence-corrected chi connectivity index (χ1v) is 9.27. The zero-order chi connectivity index (χ0) is 15.3. The number of hydrogen-bond donors (Lipinski definition) is 1. The summed E-state index contributed by atoms with van der Waals surface area (Å²) in [7, 11) is -3.12. The van der Waals surface area contributed by atoms with Crippen LogP contribution in [0.1, 0.15) is 32.3 Å². The Balaban J connectivity index is 1.74. The van der Waals surface area contributed by atoms with Crippen LogP contribution in [0.2, 0.25) is 0 Å². The van der Waals surface area contributed by atoms with E-state index in [0.717, 1.165) is 32.5 Å². The van der Waals surface area contributed by atoms with Crippen molar-refractivity contribution < 1.29 is 8.42 Å². The molecule has 1 saturated heterocycles. The van der Waals surface area contributed by atoms with Crippen molar-refractivity contribution >= 4 is 10.0 Å². The van der Waals surface area contributed by atoms with E-state index in [1.807, 2.05) is 6.07 Å². The molecule has 1 fully saturated rings. The topological polar surface area (TPSA) is 49.4 Å². The van der Waals surface area contributed by atoms with E-state index in [1.165, 1.54) is 5.56 Å². The second-order valence-electron chi connectivity index (χ2n) is 6.15. The van der Waals surface area contributed by atoms with Gasteiger partial charge in [-0.15, -0.1) is 0 Å². The summed E-state index contributed by atoms with van der Waals surface area (Å²) in [5, 5.41) is -0.351. The molecule has 1 aliphatic rings. The molecule has 1 aromatic rings. The number of hydrogen-bond acceptors (Lipinski definition) is 3. The van der Waals surface area contributed by atoms with E-state index < -0.39 is 10.0 Å². The second kappa shape index (κ2) is 7.38. The van der Waals surface area contributed by atoms with Crippen LogP contribution < -0.4 is 4.72 Å². The highest BCUT2D eigenvalue weighted by atomic mass is 32.2. The minimum absolute atomic E-state index is 0.351. The molecule has 2 rings (SSSR count). The Morgan fingerprint density at radius 1 is 1.19 bits per heavy atom. The average molecular weight is 310 g/mol. The molecule has 1 N–H and O–H groups in total. The molecule has 21 heavy (non-hydrogen) atoms. The van der Waals surface area contributed by atoms with Crippen LogP contribution in [-0.4, -0.2) is 38.2 Å². The fourth-order valence-electron chi connectivity index (χ4n) is 2.59. The summed E-state index contributed by atoms with van der Waals surface area (Å²) in [4.78, 5) is 2.45. The number of likely N-dealkylation sites (tertiary alicyclic amines) is 1. The highest BCUT2D eigenvalue weighted by molar-refractivity contribution is 7.90. The summed E-state index contributed by atoms with van der Waals surface area (Å²) >= 11 is 0. The lowest BCUT2D eigenvalue weighted by atomic mass is 9.97. The van der Waals surface area contributed by atoms with Gasteiger partial charge in [-0.25, -0.2) is 13.1 Å². The van der Waals surface area contributed by atoms with Gasteiger partial charge in [-0.05, 0) is 51.3 Å². The first-order valence-electron chi connectivity index (χ1n) is 7.72. The molecule has 0 spiro atoms. The van der Waals surface area contributed by atoms with Crippen LogP contribution in [0.5, 0.6) is 0 Å². The first-order chi connectivity index (χ1) is 9.97. The van der Waals surface area contributed by atoms with Crippen LogP contribution in [-0.2, 0) is 16.6 Å². The molecule has 0 radical (unpaired) electrons. The van der Waals surface area contributed by atoms with Gasteiger partial charge in [-0.1, -0.05) is 30.3 Å². The third kappa shape index (κ3) is 5.09. The van der Waals surface area contributed by atoms with E-state index in [1.54, 1.807) is 13.8 Å². The Hall–Kier alpha value is -0.910. The molecule has 0 atom stereocenters. The van der Waals surface area contributed by atoms with Crippen molar-refractivity contribution in [2.45, 2.75) is 38.5 Å². The van der Waals surface area contributed by atoms with E-state index in [-0.39, 0.29) is 5.25 Å². The van der Waals surface area contributed by atoms with E-state index >= 15 is 0 Å². The maximum atomic E-state index is 11.8. The van der Waals surface area contributed by atoms with E-state index in [0.29, 0.717) is 12.5 Å². The van der Waals surface area contributed by atoms with Crippen molar-refractivity contribution in [2.75, 3.05) is 19.6 Å². The Labute approximate surface area is 128 Å². The van der Waals surface area contributed by atoms with Crippen molar-refractivity contribution in [1.82, 2.24) is 9.62 Å². The van der Waals surface area contributed by atoms with E-state index in [9.17, 15) is 8.42 Å². The third-order valence-corrected chi connectivity index (χ3v) is 5.96. The normalized spacial score (nSPS) is 18.2. The van der Waals surface area contributed by atoms with Gasteiger partial charge in [0.25, 0.3) is 0 Å². The maximum absolute atomic E-state index is 11.8. The quantitative estimate of drug-likeness (QED) is 0.876. The van der Waals surface area contributed by atoms with Gasteiger partial charge in [0.2, 0.25) is 10.0 Å². The lowest BCUT2D eigenvalue weighted by Crippen LogP contribution is -2.40. The number of rotatable bonds is 6. The average Bonchev–Trinajstić information content (AvgIpc) is 2.47. The lowest BCUT2D eigenvalue weighted by Gasteiger charge is -2.32. The summed E-state index contributed by atoms with van der Waals surface area (Å²) in [5.74, 6) is 0.463. The molecule has 1 aliphatic heterocycles. The Morgan fingerprint density at radius 2 is 1.81 bits per heavy atom. The van der Waals surface area contributed by atoms with Crippen LogP contribution in [0.25, 0.3) is 0 Å². The zero-order valence-electron chi connectivity index (χ0n) is 13.0. The number of sulfonamides is 1. The van der Waals surface area contributed by atoms with Gasteiger partial charge in [-0.3, -0.25) is 4.90 Å². The molecule has 0 aliphatic carbocycles. The molecule has 5 heteroatoms. The molecule has 0 unspecified atom stereocenters. The minimum Gasteiger partial charge on any atom is -0.299 e. The smallest absolute Gasteiger partial charge is 0.213 e. The number of piperidine rings is 1. The molecule has 1 aromatic carbocycles. The van der Waals surface area contributed by atoms with Gasteiger partial charge in [0.05, 0.1) is 5.25 Å². The zero-order valence-corrected chi connectivity index (χ0v) is 13.8. The molecule has 0 aromatic heterocycles.